The Labute approximate surface area is 161 Å². The van der Waals surface area contributed by atoms with Crippen molar-refractivity contribution in [1.82, 2.24) is 0 Å². The molecule has 0 bridgehead atoms. The summed E-state index contributed by atoms with van der Waals surface area (Å²) < 4.78 is 15.3. The highest BCUT2D eigenvalue weighted by Gasteiger charge is 2.25. The standard InChI is InChI=1S/C19H21NO8/c1-6-16(21)27-15-8-7-13(20(24)25)11-14(15)18(23)26-10-9-19(4,5)28-17(22)12(2)3/h6-8,11H,1-2,9-10H2,3-5H3. The normalized spacial score (nSPS) is 10.5. The van der Waals surface area contributed by atoms with Gasteiger partial charge in [-0.3, -0.25) is 10.1 Å². The van der Waals surface area contributed by atoms with Gasteiger partial charge in [-0.05, 0) is 26.8 Å². The average Bonchev–Trinajstić information content (AvgIpc) is 2.60. The molecule has 0 N–H and O–H groups in total. The summed E-state index contributed by atoms with van der Waals surface area (Å²) in [5.41, 5.74) is -1.37. The van der Waals surface area contributed by atoms with Crippen molar-refractivity contribution in [2.24, 2.45) is 0 Å². The number of rotatable bonds is 9. The van der Waals surface area contributed by atoms with Crippen LogP contribution >= 0.6 is 0 Å². The second kappa shape index (κ2) is 9.45. The van der Waals surface area contributed by atoms with Gasteiger partial charge in [0.15, 0.2) is 0 Å². The fourth-order valence-electron chi connectivity index (χ4n) is 1.89. The van der Waals surface area contributed by atoms with E-state index in [9.17, 15) is 24.5 Å². The third-order valence-corrected chi connectivity index (χ3v) is 3.43. The molecule has 9 nitrogen and oxygen atoms in total. The largest absolute Gasteiger partial charge is 0.462 e. The van der Waals surface area contributed by atoms with Crippen molar-refractivity contribution in [2.75, 3.05) is 6.61 Å². The van der Waals surface area contributed by atoms with Gasteiger partial charge in [-0.1, -0.05) is 13.2 Å². The second-order valence-electron chi connectivity index (χ2n) is 6.38. The summed E-state index contributed by atoms with van der Waals surface area (Å²) >= 11 is 0. The number of nitro benzene ring substituents is 1. The van der Waals surface area contributed by atoms with E-state index in [4.69, 9.17) is 14.2 Å². The predicted molar refractivity (Wildman–Crippen MR) is 98.8 cm³/mol. The Hall–Kier alpha value is -3.49. The Morgan fingerprint density at radius 3 is 2.46 bits per heavy atom. The molecule has 28 heavy (non-hydrogen) atoms. The van der Waals surface area contributed by atoms with E-state index in [0.29, 0.717) is 0 Å². The zero-order chi connectivity index (χ0) is 21.5. The zero-order valence-corrected chi connectivity index (χ0v) is 15.9. The second-order valence-corrected chi connectivity index (χ2v) is 6.38. The van der Waals surface area contributed by atoms with E-state index in [1.165, 1.54) is 6.92 Å². The van der Waals surface area contributed by atoms with E-state index in [0.717, 1.165) is 24.3 Å². The van der Waals surface area contributed by atoms with E-state index in [1.54, 1.807) is 13.8 Å². The first-order valence-corrected chi connectivity index (χ1v) is 8.15. The van der Waals surface area contributed by atoms with Crippen LogP contribution in [0, 0.1) is 10.1 Å². The summed E-state index contributed by atoms with van der Waals surface area (Å²) in [7, 11) is 0. The van der Waals surface area contributed by atoms with Crippen LogP contribution in [0.4, 0.5) is 5.69 Å². The van der Waals surface area contributed by atoms with Gasteiger partial charge in [0.25, 0.3) is 5.69 Å². The quantitative estimate of drug-likeness (QED) is 0.207. The number of hydrogen-bond donors (Lipinski definition) is 0. The number of esters is 3. The van der Waals surface area contributed by atoms with E-state index >= 15 is 0 Å². The van der Waals surface area contributed by atoms with Crippen LogP contribution in [0.1, 0.15) is 37.6 Å². The van der Waals surface area contributed by atoms with Gasteiger partial charge in [-0.2, -0.15) is 0 Å². The SMILES string of the molecule is C=CC(=O)Oc1ccc([N+](=O)[O-])cc1C(=O)OCCC(C)(C)OC(=O)C(=C)C. The average molecular weight is 391 g/mol. The first-order valence-electron chi connectivity index (χ1n) is 8.15. The van der Waals surface area contributed by atoms with Crippen molar-refractivity contribution in [1.29, 1.82) is 0 Å². The van der Waals surface area contributed by atoms with Gasteiger partial charge < -0.3 is 14.2 Å². The number of nitro groups is 1. The maximum atomic E-state index is 12.3. The van der Waals surface area contributed by atoms with Crippen LogP contribution in [0.15, 0.2) is 43.0 Å². The lowest BCUT2D eigenvalue weighted by molar-refractivity contribution is -0.384. The Kier molecular flexibility index (Phi) is 7.61. The highest BCUT2D eigenvalue weighted by molar-refractivity contribution is 5.95. The fourth-order valence-corrected chi connectivity index (χ4v) is 1.89. The van der Waals surface area contributed by atoms with Crippen molar-refractivity contribution in [3.05, 3.63) is 58.7 Å². The lowest BCUT2D eigenvalue weighted by atomic mass is 10.1. The lowest BCUT2D eigenvalue weighted by Crippen LogP contribution is -2.30. The van der Waals surface area contributed by atoms with Gasteiger partial charge in [0.1, 0.15) is 16.9 Å². The smallest absolute Gasteiger partial charge is 0.342 e. The predicted octanol–water partition coefficient (Wildman–Crippen LogP) is 3.13. The summed E-state index contributed by atoms with van der Waals surface area (Å²) in [6.45, 7) is 11.4. The molecule has 0 unspecified atom stereocenters. The highest BCUT2D eigenvalue weighted by atomic mass is 16.6. The topological polar surface area (TPSA) is 122 Å². The molecular formula is C19H21NO8. The van der Waals surface area contributed by atoms with E-state index < -0.39 is 28.4 Å². The number of carbonyl (C=O) groups excluding carboxylic acids is 3. The molecule has 0 fully saturated rings. The summed E-state index contributed by atoms with van der Waals surface area (Å²) in [6, 6.07) is 3.15. The Morgan fingerprint density at radius 1 is 1.29 bits per heavy atom. The molecule has 1 aromatic rings. The van der Waals surface area contributed by atoms with Crippen LogP contribution in [-0.4, -0.2) is 35.0 Å². The minimum Gasteiger partial charge on any atom is -0.462 e. The number of ether oxygens (including phenoxy) is 3. The van der Waals surface area contributed by atoms with Gasteiger partial charge in [0, 0.05) is 30.2 Å². The van der Waals surface area contributed by atoms with Crippen LogP contribution < -0.4 is 4.74 Å². The number of non-ortho nitro benzene ring substituents is 1. The van der Waals surface area contributed by atoms with Crippen molar-refractivity contribution in [3.8, 4) is 5.75 Å². The third-order valence-electron chi connectivity index (χ3n) is 3.43. The number of benzene rings is 1. The zero-order valence-electron chi connectivity index (χ0n) is 15.9. The Balaban J connectivity index is 2.89. The van der Waals surface area contributed by atoms with Crippen molar-refractivity contribution in [3.63, 3.8) is 0 Å². The van der Waals surface area contributed by atoms with Crippen molar-refractivity contribution in [2.45, 2.75) is 32.8 Å². The first-order chi connectivity index (χ1) is 13.0. The third kappa shape index (κ3) is 6.67. The molecular weight excluding hydrogens is 370 g/mol. The maximum absolute atomic E-state index is 12.3. The molecule has 0 aliphatic carbocycles. The number of carbonyl (C=O) groups is 3. The summed E-state index contributed by atoms with van der Waals surface area (Å²) in [5, 5.41) is 10.9. The maximum Gasteiger partial charge on any atom is 0.342 e. The van der Waals surface area contributed by atoms with E-state index in [2.05, 4.69) is 13.2 Å². The Bertz CT molecular complexity index is 825. The van der Waals surface area contributed by atoms with Crippen LogP contribution in [0.3, 0.4) is 0 Å². The van der Waals surface area contributed by atoms with Gasteiger partial charge in [0.2, 0.25) is 0 Å². The molecule has 0 aliphatic heterocycles. The number of nitrogens with zero attached hydrogens (tertiary/aromatic N) is 1. The molecule has 0 aliphatic rings. The van der Waals surface area contributed by atoms with Crippen LogP contribution in [0.25, 0.3) is 0 Å². The minimum atomic E-state index is -0.933. The van der Waals surface area contributed by atoms with Crippen LogP contribution in [-0.2, 0) is 19.1 Å². The summed E-state index contributed by atoms with van der Waals surface area (Å²) in [5.74, 6) is -2.55. The molecule has 0 atom stereocenters. The highest BCUT2D eigenvalue weighted by Crippen LogP contribution is 2.26. The van der Waals surface area contributed by atoms with Gasteiger partial charge in [-0.25, -0.2) is 14.4 Å². The van der Waals surface area contributed by atoms with Gasteiger partial charge >= 0.3 is 17.9 Å². The fraction of sp³-hybridized carbons (Fsp3) is 0.316. The van der Waals surface area contributed by atoms with Crippen molar-refractivity contribution >= 4 is 23.6 Å². The minimum absolute atomic E-state index is 0.146. The molecule has 0 radical (unpaired) electrons. The molecule has 1 rings (SSSR count). The van der Waals surface area contributed by atoms with Crippen LogP contribution in [0.5, 0.6) is 5.75 Å². The molecule has 1 aromatic carbocycles. The molecule has 0 spiro atoms. The molecule has 0 saturated heterocycles. The van der Waals surface area contributed by atoms with E-state index in [1.807, 2.05) is 0 Å². The first kappa shape index (κ1) is 22.6. The molecule has 0 saturated carbocycles. The molecule has 9 heteroatoms. The Morgan fingerprint density at radius 2 is 1.93 bits per heavy atom. The van der Waals surface area contributed by atoms with E-state index in [-0.39, 0.29) is 35.6 Å². The number of hydrogen-bond acceptors (Lipinski definition) is 8. The molecule has 0 aromatic heterocycles. The monoisotopic (exact) mass is 391 g/mol. The molecule has 150 valence electrons. The van der Waals surface area contributed by atoms with Gasteiger partial charge in [-0.15, -0.1) is 0 Å². The van der Waals surface area contributed by atoms with Crippen molar-refractivity contribution < 1.29 is 33.5 Å². The lowest BCUT2D eigenvalue weighted by Gasteiger charge is -2.25. The van der Waals surface area contributed by atoms with Crippen LogP contribution in [0.2, 0.25) is 0 Å². The molecule has 0 amide bonds. The van der Waals surface area contributed by atoms with Gasteiger partial charge in [0.05, 0.1) is 11.5 Å². The summed E-state index contributed by atoms with van der Waals surface area (Å²) in [6.07, 6.45) is 1.05. The summed E-state index contributed by atoms with van der Waals surface area (Å²) in [4.78, 5) is 45.6. The molecule has 0 heterocycles.